The molecule has 0 spiro atoms. The van der Waals surface area contributed by atoms with Crippen LogP contribution in [0.4, 0.5) is 5.13 Å². The molecular weight excluding hydrogens is 396 g/mol. The number of carbonyl (C=O) groups is 1. The van der Waals surface area contributed by atoms with Gasteiger partial charge in [-0.3, -0.25) is 10.1 Å². The second-order valence-corrected chi connectivity index (χ2v) is 10.6. The Morgan fingerprint density at radius 3 is 2.43 bits per heavy atom. The van der Waals surface area contributed by atoms with Gasteiger partial charge in [-0.25, -0.2) is 13.4 Å². The Morgan fingerprint density at radius 2 is 1.82 bits per heavy atom. The number of ether oxygens (including phenoxy) is 1. The predicted molar refractivity (Wildman–Crippen MR) is 112 cm³/mol. The number of carbonyl (C=O) groups excluding carboxylic acids is 1. The normalized spacial score (nSPS) is 12.1. The fourth-order valence-corrected chi connectivity index (χ4v) is 4.19. The molecule has 1 amide bonds. The Morgan fingerprint density at radius 1 is 1.14 bits per heavy atom. The molecule has 1 heterocycles. The smallest absolute Gasteiger partial charge is 0.264 e. The van der Waals surface area contributed by atoms with Crippen LogP contribution in [0.15, 0.2) is 47.4 Å². The van der Waals surface area contributed by atoms with E-state index in [1.54, 1.807) is 12.1 Å². The Labute approximate surface area is 168 Å². The molecule has 3 aromatic rings. The van der Waals surface area contributed by atoms with Crippen molar-refractivity contribution < 1.29 is 17.9 Å². The SMILES string of the molecule is CC(C)(C)c1ccc(OCC(=O)Nc2nc3ccc(S(C)(=O)=O)cc3s2)cc1. The standard InChI is InChI=1S/C20H22N2O4S2/c1-20(2,3)13-5-7-14(8-6-13)26-12-18(23)22-19-21-16-10-9-15(28(4,24)25)11-17(16)27-19/h5-11H,12H2,1-4H3,(H,21,22,23). The van der Waals surface area contributed by atoms with E-state index >= 15 is 0 Å². The number of amides is 1. The number of benzene rings is 2. The second-order valence-electron chi connectivity index (χ2n) is 7.53. The number of fused-ring (bicyclic) bond motifs is 1. The summed E-state index contributed by atoms with van der Waals surface area (Å²) in [6.45, 7) is 6.26. The Kier molecular flexibility index (Phi) is 5.45. The predicted octanol–water partition coefficient (Wildman–Crippen LogP) is 4.01. The maximum Gasteiger partial charge on any atom is 0.264 e. The minimum Gasteiger partial charge on any atom is -0.484 e. The lowest BCUT2D eigenvalue weighted by molar-refractivity contribution is -0.118. The van der Waals surface area contributed by atoms with Gasteiger partial charge in [0.15, 0.2) is 21.6 Å². The number of nitrogens with zero attached hydrogens (tertiary/aromatic N) is 1. The lowest BCUT2D eigenvalue weighted by Gasteiger charge is -2.19. The van der Waals surface area contributed by atoms with Gasteiger partial charge in [-0.05, 0) is 41.3 Å². The molecule has 0 radical (unpaired) electrons. The highest BCUT2D eigenvalue weighted by molar-refractivity contribution is 7.90. The molecule has 0 atom stereocenters. The molecule has 0 aliphatic heterocycles. The van der Waals surface area contributed by atoms with Crippen LogP contribution < -0.4 is 10.1 Å². The summed E-state index contributed by atoms with van der Waals surface area (Å²) >= 11 is 1.22. The number of aromatic nitrogens is 1. The number of hydrogen-bond donors (Lipinski definition) is 1. The zero-order chi connectivity index (χ0) is 20.5. The van der Waals surface area contributed by atoms with Gasteiger partial charge in [0.2, 0.25) is 0 Å². The molecule has 2 aromatic carbocycles. The molecule has 0 saturated heterocycles. The van der Waals surface area contributed by atoms with Crippen LogP contribution in [-0.2, 0) is 20.0 Å². The quantitative estimate of drug-likeness (QED) is 0.676. The van der Waals surface area contributed by atoms with Crippen LogP contribution in [0.25, 0.3) is 10.2 Å². The van der Waals surface area contributed by atoms with Crippen LogP contribution >= 0.6 is 11.3 Å². The first-order valence-electron chi connectivity index (χ1n) is 8.66. The Hall–Kier alpha value is -2.45. The van der Waals surface area contributed by atoms with Crippen LogP contribution in [0.1, 0.15) is 26.3 Å². The average Bonchev–Trinajstić information content (AvgIpc) is 3.00. The van der Waals surface area contributed by atoms with Gasteiger partial charge < -0.3 is 4.74 Å². The highest BCUT2D eigenvalue weighted by atomic mass is 32.2. The van der Waals surface area contributed by atoms with Crippen molar-refractivity contribution in [3.63, 3.8) is 0 Å². The minimum absolute atomic E-state index is 0.0553. The summed E-state index contributed by atoms with van der Waals surface area (Å²) in [6, 6.07) is 12.4. The van der Waals surface area contributed by atoms with Crippen molar-refractivity contribution in [3.8, 4) is 5.75 Å². The maximum absolute atomic E-state index is 12.1. The van der Waals surface area contributed by atoms with E-state index in [1.165, 1.54) is 23.0 Å². The molecule has 1 aromatic heterocycles. The third-order valence-electron chi connectivity index (χ3n) is 4.12. The van der Waals surface area contributed by atoms with E-state index in [1.807, 2.05) is 24.3 Å². The van der Waals surface area contributed by atoms with Gasteiger partial charge in [-0.15, -0.1) is 0 Å². The molecule has 6 nitrogen and oxygen atoms in total. The summed E-state index contributed by atoms with van der Waals surface area (Å²) in [5, 5.41) is 3.09. The molecule has 3 rings (SSSR count). The molecule has 0 saturated carbocycles. The molecule has 28 heavy (non-hydrogen) atoms. The number of nitrogens with one attached hydrogen (secondary N) is 1. The van der Waals surface area contributed by atoms with E-state index < -0.39 is 9.84 Å². The van der Waals surface area contributed by atoms with E-state index in [0.717, 1.165) is 6.26 Å². The molecule has 8 heteroatoms. The van der Waals surface area contributed by atoms with E-state index in [2.05, 4.69) is 31.1 Å². The largest absolute Gasteiger partial charge is 0.484 e. The van der Waals surface area contributed by atoms with E-state index in [4.69, 9.17) is 4.74 Å². The summed E-state index contributed by atoms with van der Waals surface area (Å²) in [5.41, 5.74) is 1.87. The van der Waals surface area contributed by atoms with Crippen molar-refractivity contribution in [3.05, 3.63) is 48.0 Å². The van der Waals surface area contributed by atoms with Crippen LogP contribution in [0, 0.1) is 0 Å². The summed E-state index contributed by atoms with van der Waals surface area (Å²) in [7, 11) is -3.29. The molecular formula is C20H22N2O4S2. The Bertz CT molecular complexity index is 1110. The minimum atomic E-state index is -3.29. The number of sulfone groups is 1. The van der Waals surface area contributed by atoms with E-state index in [9.17, 15) is 13.2 Å². The number of hydrogen-bond acceptors (Lipinski definition) is 6. The van der Waals surface area contributed by atoms with Crippen molar-refractivity contribution in [2.24, 2.45) is 0 Å². The van der Waals surface area contributed by atoms with Crippen LogP contribution in [0.5, 0.6) is 5.75 Å². The molecule has 0 fully saturated rings. The number of thiazole rings is 1. The highest BCUT2D eigenvalue weighted by Gasteiger charge is 2.14. The lowest BCUT2D eigenvalue weighted by atomic mass is 9.87. The zero-order valence-electron chi connectivity index (χ0n) is 16.1. The van der Waals surface area contributed by atoms with Gasteiger partial charge in [-0.2, -0.15) is 0 Å². The third kappa shape index (κ3) is 4.88. The number of anilines is 1. The summed E-state index contributed by atoms with van der Waals surface area (Å²) < 4.78 is 29.5. The monoisotopic (exact) mass is 418 g/mol. The van der Waals surface area contributed by atoms with Crippen molar-refractivity contribution in [2.75, 3.05) is 18.2 Å². The van der Waals surface area contributed by atoms with Crippen LogP contribution in [0.3, 0.4) is 0 Å². The van der Waals surface area contributed by atoms with Gasteiger partial charge in [0.25, 0.3) is 5.91 Å². The first-order chi connectivity index (χ1) is 13.0. The second kappa shape index (κ2) is 7.52. The molecule has 148 valence electrons. The average molecular weight is 419 g/mol. The van der Waals surface area contributed by atoms with Gasteiger partial charge in [0.05, 0.1) is 15.1 Å². The summed E-state index contributed by atoms with van der Waals surface area (Å²) in [4.78, 5) is 16.7. The number of rotatable bonds is 5. The van der Waals surface area contributed by atoms with Crippen molar-refractivity contribution in [2.45, 2.75) is 31.1 Å². The summed E-state index contributed by atoms with van der Waals surface area (Å²) in [6.07, 6.45) is 1.16. The molecule has 0 unspecified atom stereocenters. The molecule has 0 aliphatic carbocycles. The van der Waals surface area contributed by atoms with E-state index in [-0.39, 0.29) is 22.8 Å². The fourth-order valence-electron chi connectivity index (χ4n) is 2.54. The van der Waals surface area contributed by atoms with Crippen molar-refractivity contribution in [1.29, 1.82) is 0 Å². The first kappa shape index (κ1) is 20.3. The van der Waals surface area contributed by atoms with Gasteiger partial charge >= 0.3 is 0 Å². The van der Waals surface area contributed by atoms with E-state index in [0.29, 0.717) is 21.1 Å². The lowest BCUT2D eigenvalue weighted by Crippen LogP contribution is -2.20. The first-order valence-corrected chi connectivity index (χ1v) is 11.4. The highest BCUT2D eigenvalue weighted by Crippen LogP contribution is 2.28. The molecule has 0 aliphatic rings. The fraction of sp³-hybridized carbons (Fsp3) is 0.300. The molecule has 1 N–H and O–H groups in total. The van der Waals surface area contributed by atoms with Gasteiger partial charge in [0, 0.05) is 6.26 Å². The topological polar surface area (TPSA) is 85.4 Å². The van der Waals surface area contributed by atoms with Gasteiger partial charge in [0.1, 0.15) is 5.75 Å². The third-order valence-corrected chi connectivity index (χ3v) is 6.17. The maximum atomic E-state index is 12.1. The van der Waals surface area contributed by atoms with Crippen molar-refractivity contribution in [1.82, 2.24) is 4.98 Å². The Balaban J connectivity index is 1.63. The molecule has 0 bridgehead atoms. The van der Waals surface area contributed by atoms with Crippen molar-refractivity contribution >= 4 is 42.4 Å². The summed E-state index contributed by atoms with van der Waals surface area (Å²) in [5.74, 6) is 0.285. The van der Waals surface area contributed by atoms with Gasteiger partial charge in [-0.1, -0.05) is 44.2 Å². The zero-order valence-corrected chi connectivity index (χ0v) is 17.8. The van der Waals surface area contributed by atoms with Crippen LogP contribution in [0.2, 0.25) is 0 Å². The van der Waals surface area contributed by atoms with Crippen LogP contribution in [-0.4, -0.2) is 32.2 Å².